The van der Waals surface area contributed by atoms with E-state index in [1.807, 2.05) is 79.4 Å². The van der Waals surface area contributed by atoms with E-state index in [0.717, 1.165) is 0 Å². The van der Waals surface area contributed by atoms with Crippen LogP contribution in [0.4, 0.5) is 0 Å². The van der Waals surface area contributed by atoms with E-state index < -0.39 is 55.1 Å². The number of thiophene rings is 14. The molecule has 0 amide bonds. The third kappa shape index (κ3) is 28.5. The summed E-state index contributed by atoms with van der Waals surface area (Å²) in [5.41, 5.74) is 9.08. The quantitative estimate of drug-likeness (QED) is 0.0277. The molecule has 0 aliphatic carbocycles. The zero-order chi connectivity index (χ0) is 96.7. The summed E-state index contributed by atoms with van der Waals surface area (Å²) in [5, 5.41) is 8.99. The van der Waals surface area contributed by atoms with Crippen LogP contribution >= 0.6 is 159 Å². The van der Waals surface area contributed by atoms with E-state index in [1.165, 1.54) is 409 Å². The predicted molar refractivity (Wildman–Crippen MR) is 655 cm³/mol. The fourth-order valence-electron chi connectivity index (χ4n) is 19.6. The number of benzene rings is 3. The number of nitrogens with zero attached hydrogens (tertiary/aromatic N) is 2. The Morgan fingerprint density at radius 3 is 0.672 bits per heavy atom. The molecule has 0 aliphatic heterocycles. The van der Waals surface area contributed by atoms with Crippen molar-refractivity contribution in [3.63, 3.8) is 0 Å². The SMILES string of the molecule is CCCCCCCCc1cc2sc(-c3c4c[c]([Sn]([CH3])([CH3])[CH3])sc4c(-c4cc5sc(CCCCCCCC)cc5s4)c4cc(C)sc34)cc2s1.CCCCCCCCc1ccc(-c2c3c[c]([Sn]([CH3])([CH3])[CH3])sc3c(-c3ccc(CCCCCCCC)s3)c3cc(C)sc23)s1.Cc1cc2c(-c3ccc(CCCCCCN(C)C)s3)c3s[c]([Sn]([CH3])([CH3])[CH3])cc3c(-c3ccc(CCCCCCN(C)C)s3)c2s1. The van der Waals surface area contributed by atoms with Crippen LogP contribution < -0.4 is 8.68 Å². The first-order valence-corrected chi connectivity index (χ1v) is 94.2. The molecule has 0 N–H and O–H groups in total. The number of rotatable bonds is 51. The maximum atomic E-state index is 2.65. The van der Waals surface area contributed by atoms with E-state index in [2.05, 4.69) is 319 Å². The molecule has 0 radical (unpaired) electrons. The number of aryl methyl sites for hydroxylation is 9. The zero-order valence-corrected chi connectivity index (χ0v) is 107. The first-order chi connectivity index (χ1) is 66.0. The summed E-state index contributed by atoms with van der Waals surface area (Å²) in [4.78, 5) is 50.3. The van der Waals surface area contributed by atoms with Crippen LogP contribution in [0.25, 0.3) is 142 Å². The average molecular weight is 2410 g/mol. The van der Waals surface area contributed by atoms with E-state index in [9.17, 15) is 0 Å². The van der Waals surface area contributed by atoms with Crippen molar-refractivity contribution in [2.24, 2.45) is 0 Å². The van der Waals surface area contributed by atoms with Crippen molar-refractivity contribution in [2.45, 2.75) is 337 Å². The number of hydrogen-bond donors (Lipinski definition) is 0. The van der Waals surface area contributed by atoms with Crippen LogP contribution in [-0.4, -0.2) is 106 Å². The van der Waals surface area contributed by atoms with Crippen molar-refractivity contribution in [1.82, 2.24) is 9.80 Å². The van der Waals surface area contributed by atoms with Gasteiger partial charge in [0.15, 0.2) is 0 Å². The van der Waals surface area contributed by atoms with Gasteiger partial charge in [-0.2, -0.15) is 0 Å². The molecule has 14 aromatic heterocycles. The molecule has 0 aliphatic rings. The Kier molecular flexibility index (Phi) is 41.1. The van der Waals surface area contributed by atoms with E-state index in [-0.39, 0.29) is 0 Å². The van der Waals surface area contributed by atoms with Gasteiger partial charge in [-0.05, 0) is 41.3 Å². The Balaban J connectivity index is 0.000000156. The van der Waals surface area contributed by atoms with Gasteiger partial charge in [0, 0.05) is 0 Å². The molecule has 0 saturated heterocycles. The number of unbranched alkanes of at least 4 members (excludes halogenated alkanes) is 26. The molecule has 17 rings (SSSR count). The second-order valence-electron chi connectivity index (χ2n) is 43.0. The summed E-state index contributed by atoms with van der Waals surface area (Å²) in [7, 11) is 8.71. The molecule has 0 atom stereocenters. The van der Waals surface area contributed by atoms with Crippen molar-refractivity contribution < 1.29 is 0 Å². The van der Waals surface area contributed by atoms with Gasteiger partial charge in [0.1, 0.15) is 0 Å². The number of fused-ring (bicyclic) bond motifs is 8. The molecule has 3 aromatic carbocycles. The summed E-state index contributed by atoms with van der Waals surface area (Å²) in [6, 6.07) is 45.0. The second-order valence-corrected chi connectivity index (χ2v) is 105. The van der Waals surface area contributed by atoms with Crippen LogP contribution in [0.15, 0.2) is 109 Å². The summed E-state index contributed by atoms with van der Waals surface area (Å²) >= 11 is 22.0. The predicted octanol–water partition coefficient (Wildman–Crippen LogP) is 42.7. The molecular formula is C118H158N2S14Sn3. The standard InChI is InChI=1S/C39H43S6.C35H45N2S4.C35H43S4.9CH3.3Sn/c1-4-6-8-10-12-14-16-26-21-30-32(42-26)23-34(44-30)36-28-18-19-40-38(28)37(29-20-25(3)41-39(29)36)35-24-33-31(45-35)22-27(43-33)17-15-13-11-9-7-5-2;1-25-24-29-33(31-19-17-27(41-31)15-11-7-9-13-22-37(4)5)34-28(20-23-38-34)32(35(29)39-25)30-18-16-26(40-30)14-10-6-8-12-21-36(2)3;1-4-6-8-10-12-14-16-26-18-20-30(38-26)32-28-22-23-36-34(28)33(29-24-25(3)37-35(29)32)31-21-19-27(39-31)17-15-13-11-9-7-5-2;;;;;;;;;;;;/h18,20-24H,4-17H2,1-3H3;16-20,24H,6-15,21-22H2,1-5H3;18-22,24H,4-17H2,1-3H3;9*1H3;;;. The van der Waals surface area contributed by atoms with Gasteiger partial charge in [0.25, 0.3) is 0 Å². The van der Waals surface area contributed by atoms with E-state index in [4.69, 9.17) is 0 Å². The molecule has 19 heteroatoms. The Hall–Kier alpha value is -2.14. The first-order valence-electron chi connectivity index (χ1n) is 52.8. The van der Waals surface area contributed by atoms with Crippen molar-refractivity contribution in [3.8, 4) is 62.6 Å². The third-order valence-electron chi connectivity index (χ3n) is 27.3. The van der Waals surface area contributed by atoms with Crippen LogP contribution in [0.3, 0.4) is 0 Å². The summed E-state index contributed by atoms with van der Waals surface area (Å²) in [5.74, 6) is 0. The van der Waals surface area contributed by atoms with Crippen LogP contribution in [0, 0.1) is 20.8 Å². The first kappa shape index (κ1) is 109. The normalized spacial score (nSPS) is 12.5. The van der Waals surface area contributed by atoms with Gasteiger partial charge in [-0.15, -0.1) is 0 Å². The van der Waals surface area contributed by atoms with E-state index >= 15 is 0 Å². The summed E-state index contributed by atoms with van der Waals surface area (Å²) in [6.07, 6.45) is 50.8. The van der Waals surface area contributed by atoms with Gasteiger partial charge in [0.2, 0.25) is 0 Å². The van der Waals surface area contributed by atoms with Gasteiger partial charge in [-0.1, -0.05) is 105 Å². The van der Waals surface area contributed by atoms with Crippen LogP contribution in [0.2, 0.25) is 44.5 Å². The fraction of sp³-hybridized carbons (Fsp3) is 0.508. The fourth-order valence-corrected chi connectivity index (χ4v) is 52.1. The zero-order valence-electron chi connectivity index (χ0n) is 86.8. The van der Waals surface area contributed by atoms with E-state index in [0.29, 0.717) is 0 Å². The Bertz CT molecular complexity index is 6280. The van der Waals surface area contributed by atoms with Crippen molar-refractivity contribution in [1.29, 1.82) is 0 Å². The topological polar surface area (TPSA) is 6.48 Å². The second kappa shape index (κ2) is 51.7. The van der Waals surface area contributed by atoms with Gasteiger partial charge in [0.05, 0.1) is 0 Å². The van der Waals surface area contributed by atoms with E-state index in [1.54, 1.807) is 42.6 Å². The minimum atomic E-state index is -2.32. The summed E-state index contributed by atoms with van der Waals surface area (Å²) < 4.78 is 20.1. The molecular weight excluding hydrogens is 2250 g/mol. The molecule has 0 unspecified atom stereocenters. The molecule has 0 spiro atoms. The summed E-state index contributed by atoms with van der Waals surface area (Å²) in [6.45, 7) is 18.5. The van der Waals surface area contributed by atoms with Crippen LogP contribution in [-0.2, 0) is 38.5 Å². The molecule has 14 heterocycles. The molecule has 0 bridgehead atoms. The maximum absolute atomic E-state index is 2.65. The molecule has 0 saturated carbocycles. The molecule has 0 fully saturated rings. The van der Waals surface area contributed by atoms with Gasteiger partial charge in [-0.25, -0.2) is 0 Å². The van der Waals surface area contributed by atoms with Gasteiger partial charge in [-0.3, -0.25) is 0 Å². The Morgan fingerprint density at radius 1 is 0.204 bits per heavy atom. The monoisotopic (exact) mass is 2410 g/mol. The van der Waals surface area contributed by atoms with Gasteiger partial charge < -0.3 is 9.80 Å². The Labute approximate surface area is 894 Å². The van der Waals surface area contributed by atoms with Gasteiger partial charge >= 0.3 is 750 Å². The van der Waals surface area contributed by atoms with Crippen molar-refractivity contribution >= 4 is 302 Å². The number of hydrogen-bond acceptors (Lipinski definition) is 16. The van der Waals surface area contributed by atoms with Crippen molar-refractivity contribution in [2.75, 3.05) is 41.3 Å². The average Bonchev–Trinajstić information content (AvgIpc) is 1.49. The minimum absolute atomic E-state index is 1.21. The Morgan fingerprint density at radius 2 is 0.423 bits per heavy atom. The molecule has 17 aromatic rings. The third-order valence-corrected chi connectivity index (χ3v) is 71.6. The van der Waals surface area contributed by atoms with Crippen LogP contribution in [0.1, 0.15) is 277 Å². The molecule has 736 valence electrons. The van der Waals surface area contributed by atoms with Crippen molar-refractivity contribution in [3.05, 3.63) is 153 Å². The molecule has 137 heavy (non-hydrogen) atoms. The molecule has 2 nitrogen and oxygen atoms in total. The van der Waals surface area contributed by atoms with Crippen LogP contribution in [0.5, 0.6) is 0 Å².